The number of H-pyrrole nitrogens is 1. The Hall–Kier alpha value is -1.68. The highest BCUT2D eigenvalue weighted by molar-refractivity contribution is 5.81. The van der Waals surface area contributed by atoms with E-state index in [4.69, 9.17) is 5.73 Å². The highest BCUT2D eigenvalue weighted by Crippen LogP contribution is 2.15. The summed E-state index contributed by atoms with van der Waals surface area (Å²) in [5.41, 5.74) is 7.36. The van der Waals surface area contributed by atoms with Gasteiger partial charge in [0.2, 0.25) is 0 Å². The summed E-state index contributed by atoms with van der Waals surface area (Å²) >= 11 is 0. The van der Waals surface area contributed by atoms with Crippen LogP contribution in [-0.2, 0) is 11.2 Å². The Labute approximate surface area is 81.1 Å². The van der Waals surface area contributed by atoms with Gasteiger partial charge in [-0.25, -0.2) is 0 Å². The van der Waals surface area contributed by atoms with Crippen molar-refractivity contribution in [3.8, 4) is 0 Å². The van der Waals surface area contributed by atoms with E-state index in [9.17, 15) is 4.79 Å². The number of nitrogens with two attached hydrogens (primary N) is 1. The Balaban J connectivity index is 2.38. The molecule has 1 aromatic heterocycles. The van der Waals surface area contributed by atoms with E-state index < -0.39 is 6.04 Å². The molecule has 0 fully saturated rings. The van der Waals surface area contributed by atoms with Crippen LogP contribution in [0.15, 0.2) is 24.3 Å². The minimum Gasteiger partial charge on any atom is -0.321 e. The second-order valence-electron chi connectivity index (χ2n) is 3.22. The zero-order valence-electron chi connectivity index (χ0n) is 7.60. The molecule has 0 aliphatic heterocycles. The van der Waals surface area contributed by atoms with E-state index in [1.807, 2.05) is 24.3 Å². The van der Waals surface area contributed by atoms with E-state index in [0.717, 1.165) is 22.9 Å². The molecule has 0 saturated heterocycles. The van der Waals surface area contributed by atoms with Crippen LogP contribution in [0.4, 0.5) is 0 Å². The number of aromatic amines is 1. The van der Waals surface area contributed by atoms with Gasteiger partial charge in [0.15, 0.2) is 0 Å². The van der Waals surface area contributed by atoms with Crippen molar-refractivity contribution in [1.29, 1.82) is 0 Å². The Morgan fingerprint density at radius 2 is 2.29 bits per heavy atom. The zero-order chi connectivity index (χ0) is 9.97. The Bertz CT molecular complexity index is 449. The Kier molecular flexibility index (Phi) is 2.28. The predicted octanol–water partition coefficient (Wildman–Crippen LogP) is 0.632. The van der Waals surface area contributed by atoms with E-state index >= 15 is 0 Å². The maximum Gasteiger partial charge on any atom is 0.137 e. The second-order valence-corrected chi connectivity index (χ2v) is 3.22. The average Bonchev–Trinajstić information content (AvgIpc) is 2.62. The molecular formula is C10H11N3O. The van der Waals surface area contributed by atoms with Crippen LogP contribution in [-0.4, -0.2) is 22.5 Å². The Morgan fingerprint density at radius 3 is 3.07 bits per heavy atom. The smallest absolute Gasteiger partial charge is 0.137 e. The fourth-order valence-corrected chi connectivity index (χ4v) is 1.45. The van der Waals surface area contributed by atoms with E-state index in [1.54, 1.807) is 0 Å². The maximum atomic E-state index is 10.4. The molecule has 0 aliphatic rings. The maximum absolute atomic E-state index is 10.4. The number of rotatable bonds is 3. The SMILES string of the molecule is N[C@@H](C=O)Cc1[nH]nc2ccccc12. The number of para-hydroxylation sites is 1. The van der Waals surface area contributed by atoms with Gasteiger partial charge in [-0.1, -0.05) is 18.2 Å². The van der Waals surface area contributed by atoms with E-state index in [0.29, 0.717) is 6.42 Å². The number of nitrogens with zero attached hydrogens (tertiary/aromatic N) is 1. The fraction of sp³-hybridized carbons (Fsp3) is 0.200. The van der Waals surface area contributed by atoms with E-state index in [1.165, 1.54) is 0 Å². The molecule has 0 amide bonds. The molecule has 1 atom stereocenters. The first-order chi connectivity index (χ1) is 6.81. The van der Waals surface area contributed by atoms with E-state index in [-0.39, 0.29) is 0 Å². The number of nitrogens with one attached hydrogen (secondary N) is 1. The van der Waals surface area contributed by atoms with Crippen molar-refractivity contribution in [3.63, 3.8) is 0 Å². The van der Waals surface area contributed by atoms with Gasteiger partial charge in [-0.05, 0) is 6.07 Å². The summed E-state index contributed by atoms with van der Waals surface area (Å²) in [5.74, 6) is 0. The van der Waals surface area contributed by atoms with Gasteiger partial charge in [-0.2, -0.15) is 5.10 Å². The summed E-state index contributed by atoms with van der Waals surface area (Å²) in [6, 6.07) is 7.28. The quantitative estimate of drug-likeness (QED) is 0.696. The molecule has 0 unspecified atom stereocenters. The van der Waals surface area contributed by atoms with Crippen molar-refractivity contribution >= 4 is 17.2 Å². The van der Waals surface area contributed by atoms with Gasteiger partial charge in [0.1, 0.15) is 6.29 Å². The lowest BCUT2D eigenvalue weighted by Gasteiger charge is -2.00. The summed E-state index contributed by atoms with van der Waals surface area (Å²) in [7, 11) is 0. The number of aldehydes is 1. The van der Waals surface area contributed by atoms with Crippen LogP contribution in [0.2, 0.25) is 0 Å². The molecule has 2 rings (SSSR count). The first-order valence-corrected chi connectivity index (χ1v) is 4.44. The summed E-state index contributed by atoms with van der Waals surface area (Å²) in [4.78, 5) is 10.4. The summed E-state index contributed by atoms with van der Waals surface area (Å²) in [6.07, 6.45) is 1.25. The third-order valence-electron chi connectivity index (χ3n) is 2.16. The number of fused-ring (bicyclic) bond motifs is 1. The highest BCUT2D eigenvalue weighted by atomic mass is 16.1. The predicted molar refractivity (Wildman–Crippen MR) is 53.8 cm³/mol. The van der Waals surface area contributed by atoms with Crippen molar-refractivity contribution in [1.82, 2.24) is 10.2 Å². The lowest BCUT2D eigenvalue weighted by Crippen LogP contribution is -2.24. The molecule has 0 spiro atoms. The molecule has 0 aliphatic carbocycles. The third-order valence-corrected chi connectivity index (χ3v) is 2.16. The molecule has 0 radical (unpaired) electrons. The topological polar surface area (TPSA) is 71.8 Å². The molecular weight excluding hydrogens is 178 g/mol. The molecule has 4 heteroatoms. The largest absolute Gasteiger partial charge is 0.321 e. The van der Waals surface area contributed by atoms with Gasteiger partial charge in [-0.15, -0.1) is 0 Å². The van der Waals surface area contributed by atoms with Gasteiger partial charge in [0, 0.05) is 17.5 Å². The van der Waals surface area contributed by atoms with Gasteiger partial charge in [0.25, 0.3) is 0 Å². The van der Waals surface area contributed by atoms with Crippen LogP contribution in [0.3, 0.4) is 0 Å². The molecule has 1 aromatic carbocycles. The van der Waals surface area contributed by atoms with Gasteiger partial charge >= 0.3 is 0 Å². The van der Waals surface area contributed by atoms with Crippen molar-refractivity contribution in [3.05, 3.63) is 30.0 Å². The monoisotopic (exact) mass is 189 g/mol. The Morgan fingerprint density at radius 1 is 1.50 bits per heavy atom. The molecule has 1 heterocycles. The first kappa shape index (κ1) is 8.90. The number of aromatic nitrogens is 2. The van der Waals surface area contributed by atoms with Gasteiger partial charge in [-0.3, -0.25) is 5.10 Å². The molecule has 3 N–H and O–H groups in total. The lowest BCUT2D eigenvalue weighted by molar-refractivity contribution is -0.108. The molecule has 14 heavy (non-hydrogen) atoms. The molecule has 0 bridgehead atoms. The number of carbonyl (C=O) groups excluding carboxylic acids is 1. The number of carbonyl (C=O) groups is 1. The standard InChI is InChI=1S/C10H11N3O/c11-7(6-14)5-10-8-3-1-2-4-9(8)12-13-10/h1-4,6-7H,5,11H2,(H,12,13)/t7-/m1/s1. The molecule has 4 nitrogen and oxygen atoms in total. The minimum atomic E-state index is -0.459. The van der Waals surface area contributed by atoms with Crippen LogP contribution in [0, 0.1) is 0 Å². The van der Waals surface area contributed by atoms with Gasteiger partial charge in [0.05, 0.1) is 11.6 Å². The fourth-order valence-electron chi connectivity index (χ4n) is 1.45. The number of hydrogen-bond donors (Lipinski definition) is 2. The number of benzene rings is 1. The van der Waals surface area contributed by atoms with Crippen molar-refractivity contribution in [2.24, 2.45) is 5.73 Å². The van der Waals surface area contributed by atoms with Gasteiger partial charge < -0.3 is 10.5 Å². The van der Waals surface area contributed by atoms with Crippen LogP contribution < -0.4 is 5.73 Å². The molecule has 0 saturated carbocycles. The molecule has 2 aromatic rings. The van der Waals surface area contributed by atoms with Crippen LogP contribution in [0.25, 0.3) is 10.9 Å². The average molecular weight is 189 g/mol. The van der Waals surface area contributed by atoms with Crippen LogP contribution in [0.1, 0.15) is 5.69 Å². The van der Waals surface area contributed by atoms with Crippen molar-refractivity contribution in [2.45, 2.75) is 12.5 Å². The summed E-state index contributed by atoms with van der Waals surface area (Å²) < 4.78 is 0. The summed E-state index contributed by atoms with van der Waals surface area (Å²) in [5, 5.41) is 8.03. The zero-order valence-corrected chi connectivity index (χ0v) is 7.60. The molecule has 72 valence electrons. The minimum absolute atomic E-state index is 0.459. The van der Waals surface area contributed by atoms with Crippen molar-refractivity contribution in [2.75, 3.05) is 0 Å². The van der Waals surface area contributed by atoms with Crippen LogP contribution >= 0.6 is 0 Å². The van der Waals surface area contributed by atoms with E-state index in [2.05, 4.69) is 10.2 Å². The summed E-state index contributed by atoms with van der Waals surface area (Å²) in [6.45, 7) is 0. The lowest BCUT2D eigenvalue weighted by atomic mass is 10.1. The van der Waals surface area contributed by atoms with Crippen LogP contribution in [0.5, 0.6) is 0 Å². The highest BCUT2D eigenvalue weighted by Gasteiger charge is 2.08. The second kappa shape index (κ2) is 3.59. The van der Waals surface area contributed by atoms with Crippen molar-refractivity contribution < 1.29 is 4.79 Å². The third kappa shape index (κ3) is 1.52. The first-order valence-electron chi connectivity index (χ1n) is 4.44. The number of hydrogen-bond acceptors (Lipinski definition) is 3. The normalized spacial score (nSPS) is 12.9.